The molecule has 0 aromatic heterocycles. The molecule has 1 N–H and O–H groups in total. The van der Waals surface area contributed by atoms with Crippen LogP contribution in [-0.4, -0.2) is 31.6 Å². The fourth-order valence-electron chi connectivity index (χ4n) is 2.98. The lowest BCUT2D eigenvalue weighted by molar-refractivity contribution is 0.202. The molecule has 1 atom stereocenters. The Bertz CT molecular complexity index is 442. The summed E-state index contributed by atoms with van der Waals surface area (Å²) in [5.74, 6) is 0. The van der Waals surface area contributed by atoms with Crippen LogP contribution in [0, 0.1) is 5.41 Å². The van der Waals surface area contributed by atoms with Crippen molar-refractivity contribution in [2.24, 2.45) is 5.41 Å². The normalized spacial score (nSPS) is 18.7. The molecule has 0 aliphatic carbocycles. The molecule has 0 saturated carbocycles. The summed E-state index contributed by atoms with van der Waals surface area (Å²) in [7, 11) is 2.04. The molecule has 0 amide bonds. The summed E-state index contributed by atoms with van der Waals surface area (Å²) in [5, 5.41) is 3.34. The van der Waals surface area contributed by atoms with E-state index in [2.05, 4.69) is 67.4 Å². The van der Waals surface area contributed by atoms with Crippen LogP contribution in [0.25, 0.3) is 0 Å². The Balaban J connectivity index is 2.12. The molecule has 20 heavy (non-hydrogen) atoms. The molecule has 0 fully saturated rings. The molecule has 1 aromatic carbocycles. The van der Waals surface area contributed by atoms with Crippen molar-refractivity contribution in [1.82, 2.24) is 10.2 Å². The van der Waals surface area contributed by atoms with E-state index in [9.17, 15) is 0 Å². The van der Waals surface area contributed by atoms with E-state index in [0.717, 1.165) is 19.6 Å². The first-order valence-electron chi connectivity index (χ1n) is 7.65. The lowest BCUT2D eigenvalue weighted by Crippen LogP contribution is -2.38. The molecule has 2 rings (SSSR count). The summed E-state index contributed by atoms with van der Waals surface area (Å²) in [6.45, 7) is 10.2. The first kappa shape index (κ1) is 15.3. The van der Waals surface area contributed by atoms with E-state index in [1.807, 2.05) is 7.05 Å². The predicted molar refractivity (Wildman–Crippen MR) is 86.8 cm³/mol. The highest BCUT2D eigenvalue weighted by Crippen LogP contribution is 2.32. The van der Waals surface area contributed by atoms with Crippen LogP contribution in [0.5, 0.6) is 0 Å². The van der Waals surface area contributed by atoms with Crippen LogP contribution in [0.15, 0.2) is 42.0 Å². The molecule has 110 valence electrons. The minimum Gasteiger partial charge on any atom is -0.318 e. The largest absolute Gasteiger partial charge is 0.318 e. The zero-order valence-corrected chi connectivity index (χ0v) is 13.3. The van der Waals surface area contributed by atoms with Crippen LogP contribution in [0.4, 0.5) is 0 Å². The summed E-state index contributed by atoms with van der Waals surface area (Å²) < 4.78 is 0. The van der Waals surface area contributed by atoms with E-state index in [0.29, 0.717) is 11.5 Å². The van der Waals surface area contributed by atoms with Gasteiger partial charge >= 0.3 is 0 Å². The molecule has 0 radical (unpaired) electrons. The molecular formula is C18H28N2. The van der Waals surface area contributed by atoms with Crippen molar-refractivity contribution in [3.63, 3.8) is 0 Å². The van der Waals surface area contributed by atoms with E-state index in [1.54, 1.807) is 5.57 Å². The fourth-order valence-corrected chi connectivity index (χ4v) is 2.98. The highest BCUT2D eigenvalue weighted by atomic mass is 15.2. The summed E-state index contributed by atoms with van der Waals surface area (Å²) in [4.78, 5) is 2.58. The quantitative estimate of drug-likeness (QED) is 0.842. The minimum atomic E-state index is 0.317. The van der Waals surface area contributed by atoms with E-state index >= 15 is 0 Å². The van der Waals surface area contributed by atoms with Crippen LogP contribution in [-0.2, 0) is 0 Å². The number of hydrogen-bond donors (Lipinski definition) is 1. The molecule has 0 spiro atoms. The summed E-state index contributed by atoms with van der Waals surface area (Å²) in [6.07, 6.45) is 3.63. The molecule has 0 bridgehead atoms. The van der Waals surface area contributed by atoms with Gasteiger partial charge in [-0.3, -0.25) is 4.90 Å². The Morgan fingerprint density at radius 1 is 1.20 bits per heavy atom. The standard InChI is InChI=1S/C18H28N2/c1-18(2,3)16-10-12-20(13-11-16)17(14-19-4)15-8-6-5-7-9-15/h5-10,17,19H,11-14H2,1-4H3. The lowest BCUT2D eigenvalue weighted by Gasteiger charge is -2.37. The van der Waals surface area contributed by atoms with Gasteiger partial charge in [0.25, 0.3) is 0 Å². The van der Waals surface area contributed by atoms with Crippen molar-refractivity contribution in [3.8, 4) is 0 Å². The van der Waals surface area contributed by atoms with Gasteiger partial charge in [-0.1, -0.05) is 62.8 Å². The lowest BCUT2D eigenvalue weighted by atomic mass is 9.82. The smallest absolute Gasteiger partial charge is 0.0475 e. The Kier molecular flexibility index (Phi) is 5.00. The van der Waals surface area contributed by atoms with Crippen molar-refractivity contribution in [1.29, 1.82) is 0 Å². The Labute approximate surface area is 123 Å². The van der Waals surface area contributed by atoms with Crippen LogP contribution < -0.4 is 5.32 Å². The Hall–Kier alpha value is -1.12. The van der Waals surface area contributed by atoms with E-state index in [-0.39, 0.29) is 0 Å². The molecule has 1 aliphatic heterocycles. The number of nitrogens with zero attached hydrogens (tertiary/aromatic N) is 1. The van der Waals surface area contributed by atoms with Gasteiger partial charge in [0, 0.05) is 25.7 Å². The maximum absolute atomic E-state index is 3.34. The average molecular weight is 272 g/mol. The van der Waals surface area contributed by atoms with Crippen molar-refractivity contribution >= 4 is 0 Å². The zero-order valence-electron chi connectivity index (χ0n) is 13.3. The molecule has 2 nitrogen and oxygen atoms in total. The number of hydrogen-bond acceptors (Lipinski definition) is 2. The highest BCUT2D eigenvalue weighted by Gasteiger charge is 2.25. The van der Waals surface area contributed by atoms with E-state index in [1.165, 1.54) is 12.0 Å². The van der Waals surface area contributed by atoms with Crippen molar-refractivity contribution in [3.05, 3.63) is 47.5 Å². The van der Waals surface area contributed by atoms with Gasteiger partial charge in [0.05, 0.1) is 0 Å². The molecule has 1 heterocycles. The van der Waals surface area contributed by atoms with Gasteiger partial charge in [0.2, 0.25) is 0 Å². The second-order valence-corrected chi connectivity index (χ2v) is 6.71. The Morgan fingerprint density at radius 2 is 1.90 bits per heavy atom. The van der Waals surface area contributed by atoms with Gasteiger partial charge < -0.3 is 5.32 Å². The summed E-state index contributed by atoms with van der Waals surface area (Å²) >= 11 is 0. The monoisotopic (exact) mass is 272 g/mol. The zero-order chi connectivity index (χ0) is 14.6. The van der Waals surface area contributed by atoms with Crippen molar-refractivity contribution in [2.45, 2.75) is 33.2 Å². The third-order valence-corrected chi connectivity index (χ3v) is 4.23. The number of likely N-dealkylation sites (N-methyl/N-ethyl adjacent to an activating group) is 1. The molecule has 1 aliphatic rings. The highest BCUT2D eigenvalue weighted by molar-refractivity contribution is 5.22. The fraction of sp³-hybridized carbons (Fsp3) is 0.556. The number of benzene rings is 1. The third-order valence-electron chi connectivity index (χ3n) is 4.23. The van der Waals surface area contributed by atoms with Crippen LogP contribution in [0.2, 0.25) is 0 Å². The first-order valence-corrected chi connectivity index (χ1v) is 7.65. The molecule has 1 aromatic rings. The van der Waals surface area contributed by atoms with Crippen molar-refractivity contribution < 1.29 is 0 Å². The molecule has 2 heteroatoms. The maximum Gasteiger partial charge on any atom is 0.0475 e. The van der Waals surface area contributed by atoms with Gasteiger partial charge in [-0.25, -0.2) is 0 Å². The first-order chi connectivity index (χ1) is 9.52. The average Bonchev–Trinajstić information content (AvgIpc) is 2.45. The van der Waals surface area contributed by atoms with Gasteiger partial charge in [-0.15, -0.1) is 0 Å². The number of nitrogens with one attached hydrogen (secondary N) is 1. The van der Waals surface area contributed by atoms with Crippen LogP contribution in [0.3, 0.4) is 0 Å². The predicted octanol–water partition coefficient (Wildman–Crippen LogP) is 3.63. The molecule has 1 unspecified atom stereocenters. The summed E-state index contributed by atoms with van der Waals surface area (Å²) in [6, 6.07) is 11.3. The van der Waals surface area contributed by atoms with Crippen LogP contribution in [0.1, 0.15) is 38.8 Å². The topological polar surface area (TPSA) is 15.3 Å². The minimum absolute atomic E-state index is 0.317. The molecular weight excluding hydrogens is 244 g/mol. The maximum atomic E-state index is 3.34. The van der Waals surface area contributed by atoms with E-state index in [4.69, 9.17) is 0 Å². The van der Waals surface area contributed by atoms with Gasteiger partial charge in [0.1, 0.15) is 0 Å². The van der Waals surface area contributed by atoms with Crippen LogP contribution >= 0.6 is 0 Å². The number of rotatable bonds is 4. The Morgan fingerprint density at radius 3 is 2.40 bits per heavy atom. The second-order valence-electron chi connectivity index (χ2n) is 6.71. The molecule has 0 saturated heterocycles. The summed E-state index contributed by atoms with van der Waals surface area (Å²) in [5.41, 5.74) is 3.33. The van der Waals surface area contributed by atoms with Gasteiger partial charge in [-0.05, 0) is 24.4 Å². The van der Waals surface area contributed by atoms with Gasteiger partial charge in [0.15, 0.2) is 0 Å². The third kappa shape index (κ3) is 3.71. The van der Waals surface area contributed by atoms with E-state index < -0.39 is 0 Å². The van der Waals surface area contributed by atoms with Gasteiger partial charge in [-0.2, -0.15) is 0 Å². The SMILES string of the molecule is CNCC(c1ccccc1)N1CC=C(C(C)(C)C)CC1. The van der Waals surface area contributed by atoms with Crippen molar-refractivity contribution in [2.75, 3.05) is 26.7 Å². The second kappa shape index (κ2) is 6.55.